The minimum Gasteiger partial charge on any atom is -0.382 e. The van der Waals surface area contributed by atoms with Gasteiger partial charge in [0.1, 0.15) is 0 Å². The second-order valence-corrected chi connectivity index (χ2v) is 5.10. The summed E-state index contributed by atoms with van der Waals surface area (Å²) in [6, 6.07) is 8.76. The molecule has 2 heteroatoms. The van der Waals surface area contributed by atoms with Gasteiger partial charge in [-0.2, -0.15) is 0 Å². The Morgan fingerprint density at radius 2 is 2.06 bits per heavy atom. The Hall–Kier alpha value is -0.860. The van der Waals surface area contributed by atoms with E-state index in [9.17, 15) is 0 Å². The Labute approximate surface area is 104 Å². The van der Waals surface area contributed by atoms with Gasteiger partial charge in [0.05, 0.1) is 0 Å². The average molecular weight is 233 g/mol. The van der Waals surface area contributed by atoms with Crippen LogP contribution in [-0.4, -0.2) is 19.8 Å². The molecule has 0 bridgehead atoms. The lowest BCUT2D eigenvalue weighted by atomic mass is 9.70. The highest BCUT2D eigenvalue weighted by Crippen LogP contribution is 2.37. The maximum Gasteiger partial charge on any atom is 0.0471 e. The maximum absolute atomic E-state index is 6.02. The van der Waals surface area contributed by atoms with Gasteiger partial charge in [-0.3, -0.25) is 0 Å². The van der Waals surface area contributed by atoms with Crippen molar-refractivity contribution in [2.75, 3.05) is 19.8 Å². The van der Waals surface area contributed by atoms with Gasteiger partial charge in [0, 0.05) is 13.2 Å². The molecule has 0 aromatic heterocycles. The number of hydrogen-bond donors (Lipinski definition) is 1. The number of ether oxygens (including phenoxy) is 1. The number of aryl methyl sites for hydroxylation is 1. The number of rotatable bonds is 5. The van der Waals surface area contributed by atoms with Crippen LogP contribution in [0.1, 0.15) is 30.9 Å². The van der Waals surface area contributed by atoms with Gasteiger partial charge in [-0.05, 0) is 55.7 Å². The molecule has 1 unspecified atom stereocenters. The van der Waals surface area contributed by atoms with Crippen LogP contribution in [0.25, 0.3) is 0 Å². The fraction of sp³-hybridized carbons (Fsp3) is 0.600. The van der Waals surface area contributed by atoms with E-state index in [1.807, 2.05) is 6.92 Å². The summed E-state index contributed by atoms with van der Waals surface area (Å²) in [5, 5.41) is 0. The second-order valence-electron chi connectivity index (χ2n) is 5.10. The zero-order valence-electron chi connectivity index (χ0n) is 10.7. The first kappa shape index (κ1) is 12.6. The standard InChI is InChI=1S/C15H23NO/c1-2-17-10-9-15(12-16)8-7-13-5-3-4-6-14(13)11-15/h3-6H,2,7-12,16H2,1H3. The number of nitrogens with two attached hydrogens (primary N) is 1. The lowest BCUT2D eigenvalue weighted by molar-refractivity contribution is 0.0976. The molecule has 1 aromatic rings. The molecule has 0 fully saturated rings. The fourth-order valence-electron chi connectivity index (χ4n) is 2.79. The lowest BCUT2D eigenvalue weighted by Gasteiger charge is -2.37. The van der Waals surface area contributed by atoms with E-state index in [1.165, 1.54) is 24.0 Å². The van der Waals surface area contributed by atoms with Crippen LogP contribution in [0, 0.1) is 5.41 Å². The van der Waals surface area contributed by atoms with Gasteiger partial charge < -0.3 is 10.5 Å². The smallest absolute Gasteiger partial charge is 0.0471 e. The predicted octanol–water partition coefficient (Wildman–Crippen LogP) is 2.55. The normalized spacial score (nSPS) is 23.4. The highest BCUT2D eigenvalue weighted by molar-refractivity contribution is 5.31. The summed E-state index contributed by atoms with van der Waals surface area (Å²) in [7, 11) is 0. The van der Waals surface area contributed by atoms with E-state index >= 15 is 0 Å². The molecule has 0 spiro atoms. The van der Waals surface area contributed by atoms with Gasteiger partial charge >= 0.3 is 0 Å². The van der Waals surface area contributed by atoms with E-state index in [-0.39, 0.29) is 5.41 Å². The highest BCUT2D eigenvalue weighted by Gasteiger charge is 2.32. The van der Waals surface area contributed by atoms with Gasteiger partial charge in [-0.25, -0.2) is 0 Å². The summed E-state index contributed by atoms with van der Waals surface area (Å²) in [5.41, 5.74) is 9.28. The first-order valence-corrected chi connectivity index (χ1v) is 6.64. The topological polar surface area (TPSA) is 35.2 Å². The number of fused-ring (bicyclic) bond motifs is 1. The van der Waals surface area contributed by atoms with Crippen molar-refractivity contribution in [3.05, 3.63) is 35.4 Å². The Bertz CT molecular complexity index is 364. The molecule has 2 N–H and O–H groups in total. The van der Waals surface area contributed by atoms with Crippen LogP contribution in [0.2, 0.25) is 0 Å². The van der Waals surface area contributed by atoms with Crippen LogP contribution in [0.15, 0.2) is 24.3 Å². The van der Waals surface area contributed by atoms with E-state index in [1.54, 1.807) is 0 Å². The second kappa shape index (κ2) is 5.65. The van der Waals surface area contributed by atoms with Crippen molar-refractivity contribution in [2.24, 2.45) is 11.1 Å². The molecule has 0 heterocycles. The van der Waals surface area contributed by atoms with Gasteiger partial charge in [-0.1, -0.05) is 24.3 Å². The Kier molecular flexibility index (Phi) is 4.19. The van der Waals surface area contributed by atoms with Gasteiger partial charge in [0.2, 0.25) is 0 Å². The third-order valence-electron chi connectivity index (χ3n) is 4.02. The molecule has 17 heavy (non-hydrogen) atoms. The monoisotopic (exact) mass is 233 g/mol. The number of hydrogen-bond acceptors (Lipinski definition) is 2. The van der Waals surface area contributed by atoms with E-state index in [4.69, 9.17) is 10.5 Å². The molecule has 2 nitrogen and oxygen atoms in total. The third kappa shape index (κ3) is 2.88. The molecule has 2 rings (SSSR count). The summed E-state index contributed by atoms with van der Waals surface area (Å²) in [6.07, 6.45) is 4.57. The molecule has 1 aliphatic carbocycles. The first-order chi connectivity index (χ1) is 8.29. The van der Waals surface area contributed by atoms with E-state index < -0.39 is 0 Å². The van der Waals surface area contributed by atoms with Crippen molar-refractivity contribution in [1.29, 1.82) is 0 Å². The molecular weight excluding hydrogens is 210 g/mol. The summed E-state index contributed by atoms with van der Waals surface area (Å²) < 4.78 is 5.50. The average Bonchev–Trinajstić information content (AvgIpc) is 2.39. The van der Waals surface area contributed by atoms with Gasteiger partial charge in [-0.15, -0.1) is 0 Å². The van der Waals surface area contributed by atoms with E-state index in [0.29, 0.717) is 0 Å². The van der Waals surface area contributed by atoms with Crippen LogP contribution in [0.3, 0.4) is 0 Å². The van der Waals surface area contributed by atoms with Crippen molar-refractivity contribution >= 4 is 0 Å². The Morgan fingerprint density at radius 3 is 2.76 bits per heavy atom. The van der Waals surface area contributed by atoms with Gasteiger partial charge in [0.25, 0.3) is 0 Å². The molecule has 0 saturated heterocycles. The summed E-state index contributed by atoms with van der Waals surface area (Å²) in [5.74, 6) is 0. The number of benzene rings is 1. The zero-order chi connectivity index (χ0) is 12.1. The highest BCUT2D eigenvalue weighted by atomic mass is 16.5. The van der Waals surface area contributed by atoms with E-state index in [0.717, 1.165) is 32.6 Å². The summed E-state index contributed by atoms with van der Waals surface area (Å²) in [4.78, 5) is 0. The minimum atomic E-state index is 0.267. The summed E-state index contributed by atoms with van der Waals surface area (Å²) >= 11 is 0. The van der Waals surface area contributed by atoms with Crippen LogP contribution in [0.5, 0.6) is 0 Å². The quantitative estimate of drug-likeness (QED) is 0.793. The summed E-state index contributed by atoms with van der Waals surface area (Å²) in [6.45, 7) is 4.47. The van der Waals surface area contributed by atoms with Crippen LogP contribution >= 0.6 is 0 Å². The Morgan fingerprint density at radius 1 is 1.29 bits per heavy atom. The zero-order valence-corrected chi connectivity index (χ0v) is 10.7. The first-order valence-electron chi connectivity index (χ1n) is 6.64. The molecule has 94 valence electrons. The molecule has 1 aliphatic rings. The SMILES string of the molecule is CCOCCC1(CN)CCc2ccccc2C1. The van der Waals surface area contributed by atoms with Crippen LogP contribution in [-0.2, 0) is 17.6 Å². The Balaban J connectivity index is 2.06. The molecule has 1 atom stereocenters. The molecule has 0 aliphatic heterocycles. The molecular formula is C15H23NO. The predicted molar refractivity (Wildman–Crippen MR) is 71.1 cm³/mol. The van der Waals surface area contributed by atoms with Crippen molar-refractivity contribution in [1.82, 2.24) is 0 Å². The lowest BCUT2D eigenvalue weighted by Crippen LogP contribution is -2.37. The molecule has 0 saturated carbocycles. The molecule has 0 amide bonds. The molecule has 0 radical (unpaired) electrons. The van der Waals surface area contributed by atoms with E-state index in [2.05, 4.69) is 24.3 Å². The largest absolute Gasteiger partial charge is 0.382 e. The third-order valence-corrected chi connectivity index (χ3v) is 4.02. The fourth-order valence-corrected chi connectivity index (χ4v) is 2.79. The van der Waals surface area contributed by atoms with Crippen molar-refractivity contribution < 1.29 is 4.74 Å². The van der Waals surface area contributed by atoms with Gasteiger partial charge in [0.15, 0.2) is 0 Å². The van der Waals surface area contributed by atoms with Crippen molar-refractivity contribution in [2.45, 2.75) is 32.6 Å². The van der Waals surface area contributed by atoms with Crippen LogP contribution < -0.4 is 5.73 Å². The maximum atomic E-state index is 6.02. The minimum absolute atomic E-state index is 0.267. The molecule has 1 aromatic carbocycles. The van der Waals surface area contributed by atoms with Crippen LogP contribution in [0.4, 0.5) is 0 Å². The van der Waals surface area contributed by atoms with Crippen molar-refractivity contribution in [3.8, 4) is 0 Å². The van der Waals surface area contributed by atoms with Crippen molar-refractivity contribution in [3.63, 3.8) is 0 Å².